The van der Waals surface area contributed by atoms with Gasteiger partial charge in [-0.2, -0.15) is 0 Å². The van der Waals surface area contributed by atoms with Crippen molar-refractivity contribution in [2.45, 2.75) is 18.2 Å². The molecule has 2 aromatic carbocycles. The van der Waals surface area contributed by atoms with Crippen LogP contribution < -0.4 is 4.90 Å². The molecule has 142 valence electrons. The van der Waals surface area contributed by atoms with Crippen molar-refractivity contribution in [3.63, 3.8) is 0 Å². The molecule has 9 heteroatoms. The first-order valence-corrected chi connectivity index (χ1v) is 10.4. The molecule has 28 heavy (non-hydrogen) atoms. The van der Waals surface area contributed by atoms with Gasteiger partial charge in [-0.3, -0.25) is 19.7 Å². The van der Waals surface area contributed by atoms with E-state index in [4.69, 9.17) is 0 Å². The van der Waals surface area contributed by atoms with Crippen molar-refractivity contribution in [1.29, 1.82) is 0 Å². The number of rotatable bonds is 5. The van der Waals surface area contributed by atoms with Gasteiger partial charge in [0.15, 0.2) is 4.34 Å². The highest BCUT2D eigenvalue weighted by Gasteiger charge is 2.38. The minimum absolute atomic E-state index is 0.0526. The SMILES string of the molecule is CC(C)CSc1nc2ccc(N3C(=O)c4ccc([N+](=O)[O-])cc4C3=O)cc2s1. The van der Waals surface area contributed by atoms with Gasteiger partial charge in [0.25, 0.3) is 17.5 Å². The van der Waals surface area contributed by atoms with Crippen LogP contribution in [0.3, 0.4) is 0 Å². The number of carbonyl (C=O) groups excluding carboxylic acids is 2. The van der Waals surface area contributed by atoms with Gasteiger partial charge in [0, 0.05) is 17.9 Å². The Hall–Kier alpha value is -2.78. The number of thiazole rings is 1. The van der Waals surface area contributed by atoms with Crippen molar-refractivity contribution in [2.75, 3.05) is 10.7 Å². The van der Waals surface area contributed by atoms with Gasteiger partial charge < -0.3 is 0 Å². The lowest BCUT2D eigenvalue weighted by Gasteiger charge is -2.13. The van der Waals surface area contributed by atoms with Gasteiger partial charge in [-0.1, -0.05) is 25.6 Å². The van der Waals surface area contributed by atoms with Gasteiger partial charge in [-0.05, 0) is 30.2 Å². The lowest BCUT2D eigenvalue weighted by atomic mass is 10.1. The normalized spacial score (nSPS) is 13.6. The number of thioether (sulfide) groups is 1. The third-order valence-corrected chi connectivity index (χ3v) is 6.82. The van der Waals surface area contributed by atoms with Crippen molar-refractivity contribution < 1.29 is 14.5 Å². The molecule has 0 saturated heterocycles. The number of imide groups is 1. The van der Waals surface area contributed by atoms with Gasteiger partial charge in [-0.15, -0.1) is 11.3 Å². The Labute approximate surface area is 168 Å². The van der Waals surface area contributed by atoms with Crippen LogP contribution in [-0.2, 0) is 0 Å². The molecule has 2 amide bonds. The first-order valence-electron chi connectivity index (χ1n) is 8.56. The smallest absolute Gasteiger partial charge is 0.268 e. The van der Waals surface area contributed by atoms with E-state index in [9.17, 15) is 19.7 Å². The van der Waals surface area contributed by atoms with Crippen LogP contribution in [0.1, 0.15) is 34.6 Å². The highest BCUT2D eigenvalue weighted by Crippen LogP contribution is 2.36. The Morgan fingerprint density at radius 3 is 2.61 bits per heavy atom. The van der Waals surface area contributed by atoms with Crippen LogP contribution in [0.4, 0.5) is 11.4 Å². The summed E-state index contributed by atoms with van der Waals surface area (Å²) >= 11 is 3.20. The fourth-order valence-corrected chi connectivity index (χ4v) is 4.99. The summed E-state index contributed by atoms with van der Waals surface area (Å²) in [5.74, 6) is 0.481. The number of amides is 2. The second-order valence-corrected chi connectivity index (χ2v) is 9.07. The molecule has 0 bridgehead atoms. The summed E-state index contributed by atoms with van der Waals surface area (Å²) in [6, 6.07) is 8.95. The third-order valence-electron chi connectivity index (χ3n) is 4.23. The minimum atomic E-state index is -0.583. The predicted molar refractivity (Wildman–Crippen MR) is 109 cm³/mol. The molecule has 0 unspecified atom stereocenters. The maximum atomic E-state index is 12.8. The fraction of sp³-hybridized carbons (Fsp3) is 0.211. The van der Waals surface area contributed by atoms with Gasteiger partial charge in [0.2, 0.25) is 0 Å². The highest BCUT2D eigenvalue weighted by atomic mass is 32.2. The molecule has 0 aliphatic carbocycles. The molecule has 1 aromatic heterocycles. The van der Waals surface area contributed by atoms with Gasteiger partial charge in [0.1, 0.15) is 0 Å². The zero-order valence-electron chi connectivity index (χ0n) is 15.0. The van der Waals surface area contributed by atoms with Crippen molar-refractivity contribution in [1.82, 2.24) is 4.98 Å². The monoisotopic (exact) mass is 413 g/mol. The van der Waals surface area contributed by atoms with Gasteiger partial charge in [-0.25, -0.2) is 9.88 Å². The fourth-order valence-electron chi connectivity index (χ4n) is 2.91. The molecule has 0 N–H and O–H groups in total. The van der Waals surface area contributed by atoms with Gasteiger partial charge in [0.05, 0.1) is 32.0 Å². The quantitative estimate of drug-likeness (QED) is 0.259. The summed E-state index contributed by atoms with van der Waals surface area (Å²) in [5, 5.41) is 11.0. The number of carbonyl (C=O) groups is 2. The van der Waals surface area contributed by atoms with Crippen molar-refractivity contribution in [3.8, 4) is 0 Å². The summed E-state index contributed by atoms with van der Waals surface area (Å²) in [5.41, 5.74) is 1.26. The number of benzene rings is 2. The molecule has 4 rings (SSSR count). The number of aromatic nitrogens is 1. The molecule has 1 aliphatic heterocycles. The van der Waals surface area contributed by atoms with E-state index < -0.39 is 16.7 Å². The largest absolute Gasteiger partial charge is 0.270 e. The Morgan fingerprint density at radius 1 is 1.14 bits per heavy atom. The Bertz CT molecular complexity index is 1140. The number of nitro benzene ring substituents is 1. The molecule has 7 nitrogen and oxygen atoms in total. The lowest BCUT2D eigenvalue weighted by Crippen LogP contribution is -2.29. The number of anilines is 1. The first-order chi connectivity index (χ1) is 13.3. The van der Waals surface area contributed by atoms with Crippen molar-refractivity contribution in [2.24, 2.45) is 5.92 Å². The Balaban J connectivity index is 1.68. The Morgan fingerprint density at radius 2 is 1.89 bits per heavy atom. The predicted octanol–water partition coefficient (Wildman–Crippen LogP) is 4.75. The molecule has 1 aliphatic rings. The van der Waals surface area contributed by atoms with Crippen molar-refractivity contribution in [3.05, 3.63) is 57.6 Å². The summed E-state index contributed by atoms with van der Waals surface area (Å²) in [6.07, 6.45) is 0. The maximum Gasteiger partial charge on any atom is 0.270 e. The number of nitrogens with zero attached hydrogens (tertiary/aromatic N) is 3. The maximum absolute atomic E-state index is 12.8. The molecular weight excluding hydrogens is 398 g/mol. The molecule has 0 spiro atoms. The average Bonchev–Trinajstić information content (AvgIpc) is 3.18. The summed E-state index contributed by atoms with van der Waals surface area (Å²) in [6.45, 7) is 4.29. The van der Waals surface area contributed by atoms with E-state index in [2.05, 4.69) is 18.8 Å². The number of hydrogen-bond donors (Lipinski definition) is 0. The first kappa shape index (κ1) is 18.6. The van der Waals surface area contributed by atoms with Crippen LogP contribution in [0.2, 0.25) is 0 Å². The van der Waals surface area contributed by atoms with Crippen LogP contribution in [0, 0.1) is 16.0 Å². The zero-order valence-corrected chi connectivity index (χ0v) is 16.7. The van der Waals surface area contributed by atoms with Crippen LogP contribution in [0.25, 0.3) is 10.2 Å². The Kier molecular flexibility index (Phi) is 4.64. The molecule has 0 saturated carbocycles. The molecule has 0 fully saturated rings. The zero-order chi connectivity index (χ0) is 20.0. The van der Waals surface area contributed by atoms with E-state index in [1.165, 1.54) is 23.5 Å². The second kappa shape index (κ2) is 6.99. The number of nitro groups is 1. The highest BCUT2D eigenvalue weighted by molar-refractivity contribution is 8.01. The lowest BCUT2D eigenvalue weighted by molar-refractivity contribution is -0.384. The van der Waals surface area contributed by atoms with Crippen LogP contribution >= 0.6 is 23.1 Å². The van der Waals surface area contributed by atoms with Crippen LogP contribution in [0.5, 0.6) is 0 Å². The third kappa shape index (κ3) is 3.16. The molecule has 3 aromatic rings. The summed E-state index contributed by atoms with van der Waals surface area (Å²) in [7, 11) is 0. The number of fused-ring (bicyclic) bond motifs is 2. The second-order valence-electron chi connectivity index (χ2n) is 6.77. The molecule has 0 radical (unpaired) electrons. The summed E-state index contributed by atoms with van der Waals surface area (Å²) in [4.78, 5) is 41.5. The van der Waals surface area contributed by atoms with Crippen LogP contribution in [-0.4, -0.2) is 27.5 Å². The van der Waals surface area contributed by atoms with Crippen LogP contribution in [0.15, 0.2) is 40.7 Å². The van der Waals surface area contributed by atoms with E-state index in [0.29, 0.717) is 11.6 Å². The van der Waals surface area contributed by atoms with E-state index in [0.717, 1.165) is 31.3 Å². The standard InChI is InChI=1S/C19H15N3O4S2/c1-10(2)9-27-19-20-15-6-4-11(8-16(15)28-19)21-17(23)13-5-3-12(22(25)26)7-14(13)18(21)24/h3-8,10H,9H2,1-2H3. The minimum Gasteiger partial charge on any atom is -0.268 e. The van der Waals surface area contributed by atoms with Gasteiger partial charge >= 0.3 is 0 Å². The van der Waals surface area contributed by atoms with Crippen molar-refractivity contribution >= 4 is 56.5 Å². The summed E-state index contributed by atoms with van der Waals surface area (Å²) < 4.78 is 1.82. The molecule has 2 heterocycles. The van der Waals surface area contributed by atoms with E-state index >= 15 is 0 Å². The number of hydrogen-bond acceptors (Lipinski definition) is 7. The average molecular weight is 413 g/mol. The topological polar surface area (TPSA) is 93.4 Å². The number of non-ortho nitro benzene ring substituents is 1. The molecular formula is C19H15N3O4S2. The van der Waals surface area contributed by atoms with E-state index in [-0.39, 0.29) is 16.8 Å². The molecule has 0 atom stereocenters. The van der Waals surface area contributed by atoms with E-state index in [1.54, 1.807) is 30.0 Å². The van der Waals surface area contributed by atoms with E-state index in [1.807, 2.05) is 0 Å².